The number of nitrogens with zero attached hydrogens (tertiary/aromatic N) is 1. The minimum atomic E-state index is 0.0142. The number of likely N-dealkylation sites (N-methyl/N-ethyl adjacent to an activating group) is 1. The van der Waals surface area contributed by atoms with Crippen LogP contribution < -0.4 is 14.8 Å². The van der Waals surface area contributed by atoms with Crippen LogP contribution in [0.25, 0.3) is 0 Å². The Morgan fingerprint density at radius 1 is 1.08 bits per heavy atom. The van der Waals surface area contributed by atoms with E-state index in [1.807, 2.05) is 60.5 Å². The first kappa shape index (κ1) is 18.8. The van der Waals surface area contributed by atoms with E-state index in [-0.39, 0.29) is 5.91 Å². The molecule has 0 aromatic heterocycles. The first-order valence-corrected chi connectivity index (χ1v) is 8.32. The average Bonchev–Trinajstić information content (AvgIpc) is 2.62. The fourth-order valence-electron chi connectivity index (χ4n) is 2.69. The molecule has 0 unspecified atom stereocenters. The zero-order valence-electron chi connectivity index (χ0n) is 15.1. The van der Waals surface area contributed by atoms with Crippen LogP contribution in [0, 0.1) is 0 Å². The lowest BCUT2D eigenvalue weighted by Crippen LogP contribution is -2.35. The molecule has 0 aliphatic carbocycles. The third-order valence-corrected chi connectivity index (χ3v) is 3.91. The van der Waals surface area contributed by atoms with Crippen molar-refractivity contribution in [3.05, 3.63) is 59.7 Å². The molecule has 0 fully saturated rings. The van der Waals surface area contributed by atoms with Crippen molar-refractivity contribution >= 4 is 5.91 Å². The van der Waals surface area contributed by atoms with Gasteiger partial charge in [-0.2, -0.15) is 0 Å². The molecule has 2 aromatic carbocycles. The Hall–Kier alpha value is -2.53. The van der Waals surface area contributed by atoms with Gasteiger partial charge in [-0.25, -0.2) is 0 Å². The maximum Gasteiger partial charge on any atom is 0.234 e. The van der Waals surface area contributed by atoms with Crippen LogP contribution in [0.1, 0.15) is 11.1 Å². The summed E-state index contributed by atoms with van der Waals surface area (Å²) in [5, 5.41) is 2.96. The summed E-state index contributed by atoms with van der Waals surface area (Å²) < 4.78 is 10.5. The van der Waals surface area contributed by atoms with E-state index in [9.17, 15) is 4.79 Å². The van der Waals surface area contributed by atoms with Crippen molar-refractivity contribution in [3.8, 4) is 11.5 Å². The number of carbonyl (C=O) groups excluding carboxylic acids is 1. The standard InChI is InChI=1S/C20H26N2O3/c1-22(14-16-7-6-9-18(13-16)24-2)15-20(23)21-12-11-17-8-4-5-10-19(17)25-3/h4-10,13H,11-12,14-15H2,1-3H3,(H,21,23). The summed E-state index contributed by atoms with van der Waals surface area (Å²) in [5.41, 5.74) is 2.21. The Kier molecular flexibility index (Phi) is 7.29. The van der Waals surface area contributed by atoms with Crippen LogP contribution in [-0.4, -0.2) is 45.2 Å². The molecule has 25 heavy (non-hydrogen) atoms. The first-order valence-electron chi connectivity index (χ1n) is 8.32. The molecule has 5 heteroatoms. The highest BCUT2D eigenvalue weighted by Crippen LogP contribution is 2.17. The molecular formula is C20H26N2O3. The van der Waals surface area contributed by atoms with Crippen molar-refractivity contribution in [3.63, 3.8) is 0 Å². The summed E-state index contributed by atoms with van der Waals surface area (Å²) in [5.74, 6) is 1.69. The number of carbonyl (C=O) groups is 1. The van der Waals surface area contributed by atoms with Crippen LogP contribution in [0.5, 0.6) is 11.5 Å². The zero-order chi connectivity index (χ0) is 18.1. The highest BCUT2D eigenvalue weighted by atomic mass is 16.5. The maximum absolute atomic E-state index is 12.1. The first-order chi connectivity index (χ1) is 12.1. The number of rotatable bonds is 9. The van der Waals surface area contributed by atoms with Gasteiger partial charge in [0.05, 0.1) is 20.8 Å². The van der Waals surface area contributed by atoms with Gasteiger partial charge >= 0.3 is 0 Å². The van der Waals surface area contributed by atoms with Crippen LogP contribution in [0.2, 0.25) is 0 Å². The molecule has 0 saturated heterocycles. The van der Waals surface area contributed by atoms with Gasteiger partial charge in [-0.3, -0.25) is 9.69 Å². The molecule has 0 spiro atoms. The number of para-hydroxylation sites is 1. The Morgan fingerprint density at radius 2 is 1.88 bits per heavy atom. The van der Waals surface area contributed by atoms with E-state index in [2.05, 4.69) is 5.32 Å². The minimum absolute atomic E-state index is 0.0142. The molecular weight excluding hydrogens is 316 g/mol. The van der Waals surface area contributed by atoms with E-state index in [1.54, 1.807) is 14.2 Å². The van der Waals surface area contributed by atoms with Crippen LogP contribution in [0.4, 0.5) is 0 Å². The summed E-state index contributed by atoms with van der Waals surface area (Å²) in [6, 6.07) is 15.7. The van der Waals surface area contributed by atoms with Crippen molar-refractivity contribution in [2.24, 2.45) is 0 Å². The molecule has 0 atom stereocenters. The molecule has 1 N–H and O–H groups in total. The lowest BCUT2D eigenvalue weighted by Gasteiger charge is -2.17. The Bertz CT molecular complexity index is 688. The van der Waals surface area contributed by atoms with Crippen LogP contribution in [0.3, 0.4) is 0 Å². The van der Waals surface area contributed by atoms with Gasteiger partial charge in [-0.05, 0) is 42.8 Å². The van der Waals surface area contributed by atoms with Gasteiger partial charge in [-0.15, -0.1) is 0 Å². The number of benzene rings is 2. The molecule has 0 aliphatic heterocycles. The fourth-order valence-corrected chi connectivity index (χ4v) is 2.69. The van der Waals surface area contributed by atoms with Crippen molar-refractivity contribution in [1.29, 1.82) is 0 Å². The maximum atomic E-state index is 12.1. The largest absolute Gasteiger partial charge is 0.497 e. The summed E-state index contributed by atoms with van der Waals surface area (Å²) in [6.45, 7) is 1.63. The molecule has 134 valence electrons. The van der Waals surface area contributed by atoms with Gasteiger partial charge in [0.15, 0.2) is 0 Å². The molecule has 0 heterocycles. The van der Waals surface area contributed by atoms with Crippen LogP contribution in [-0.2, 0) is 17.8 Å². The number of methoxy groups -OCH3 is 2. The highest BCUT2D eigenvalue weighted by molar-refractivity contribution is 5.78. The van der Waals surface area contributed by atoms with Gasteiger partial charge in [0.1, 0.15) is 11.5 Å². The number of amides is 1. The van der Waals surface area contributed by atoms with Gasteiger partial charge in [0.25, 0.3) is 0 Å². The molecule has 2 rings (SSSR count). The second kappa shape index (κ2) is 9.69. The highest BCUT2D eigenvalue weighted by Gasteiger charge is 2.08. The Balaban J connectivity index is 1.75. The third-order valence-electron chi connectivity index (χ3n) is 3.91. The predicted molar refractivity (Wildman–Crippen MR) is 99.0 cm³/mol. The Labute approximate surface area is 149 Å². The normalized spacial score (nSPS) is 10.6. The van der Waals surface area contributed by atoms with E-state index >= 15 is 0 Å². The number of hydrogen-bond donors (Lipinski definition) is 1. The summed E-state index contributed by atoms with van der Waals surface area (Å²) in [4.78, 5) is 14.1. The quantitative estimate of drug-likeness (QED) is 0.761. The van der Waals surface area contributed by atoms with Gasteiger partial charge < -0.3 is 14.8 Å². The van der Waals surface area contributed by atoms with Crippen LogP contribution in [0.15, 0.2) is 48.5 Å². The molecule has 0 bridgehead atoms. The van der Waals surface area contributed by atoms with Crippen molar-refractivity contribution in [2.75, 3.05) is 34.4 Å². The van der Waals surface area contributed by atoms with Crippen molar-refractivity contribution in [1.82, 2.24) is 10.2 Å². The summed E-state index contributed by atoms with van der Waals surface area (Å²) in [6.07, 6.45) is 0.745. The van der Waals surface area contributed by atoms with E-state index in [0.29, 0.717) is 19.6 Å². The average molecular weight is 342 g/mol. The fraction of sp³-hybridized carbons (Fsp3) is 0.350. The summed E-state index contributed by atoms with van der Waals surface area (Å²) in [7, 11) is 5.24. The van der Waals surface area contributed by atoms with E-state index in [4.69, 9.17) is 9.47 Å². The smallest absolute Gasteiger partial charge is 0.234 e. The van der Waals surface area contributed by atoms with E-state index < -0.39 is 0 Å². The molecule has 5 nitrogen and oxygen atoms in total. The van der Waals surface area contributed by atoms with Crippen molar-refractivity contribution < 1.29 is 14.3 Å². The van der Waals surface area contributed by atoms with Gasteiger partial charge in [0, 0.05) is 13.1 Å². The SMILES string of the molecule is COc1cccc(CN(C)CC(=O)NCCc2ccccc2OC)c1. The second-order valence-electron chi connectivity index (χ2n) is 5.94. The molecule has 2 aromatic rings. The Morgan fingerprint density at radius 3 is 2.64 bits per heavy atom. The van der Waals surface area contributed by atoms with Crippen LogP contribution >= 0.6 is 0 Å². The van der Waals surface area contributed by atoms with E-state index in [1.165, 1.54) is 0 Å². The zero-order valence-corrected chi connectivity index (χ0v) is 15.1. The van der Waals surface area contributed by atoms with Gasteiger partial charge in [-0.1, -0.05) is 30.3 Å². The van der Waals surface area contributed by atoms with Gasteiger partial charge in [0.2, 0.25) is 5.91 Å². The predicted octanol–water partition coefficient (Wildman–Crippen LogP) is 2.49. The topological polar surface area (TPSA) is 50.8 Å². The molecule has 0 aliphatic rings. The molecule has 0 radical (unpaired) electrons. The van der Waals surface area contributed by atoms with E-state index in [0.717, 1.165) is 29.0 Å². The minimum Gasteiger partial charge on any atom is -0.497 e. The summed E-state index contributed by atoms with van der Waals surface area (Å²) >= 11 is 0. The van der Waals surface area contributed by atoms with Crippen molar-refractivity contribution in [2.45, 2.75) is 13.0 Å². The number of nitrogens with one attached hydrogen (secondary N) is 1. The molecule has 1 amide bonds. The second-order valence-corrected chi connectivity index (χ2v) is 5.94. The third kappa shape index (κ3) is 6.12. The number of hydrogen-bond acceptors (Lipinski definition) is 4. The lowest BCUT2D eigenvalue weighted by molar-refractivity contribution is -0.122. The lowest BCUT2D eigenvalue weighted by atomic mass is 10.1. The molecule has 0 saturated carbocycles. The number of ether oxygens (including phenoxy) is 2. The monoisotopic (exact) mass is 342 g/mol.